The molecule has 16 heteroatoms. The Morgan fingerprint density at radius 3 is 1.93 bits per heavy atom. The van der Waals surface area contributed by atoms with Crippen LogP contribution in [0.25, 0.3) is 0 Å². The fourth-order valence-electron chi connectivity index (χ4n) is 7.50. The lowest BCUT2D eigenvalue weighted by Crippen LogP contribution is -2.34. The molecule has 0 spiro atoms. The number of hydrogen-bond donors (Lipinski definition) is 4. The number of unbranched alkanes of at least 4 members (excludes halogenated alkanes) is 17. The van der Waals surface area contributed by atoms with Gasteiger partial charge in [-0.25, -0.2) is 19.2 Å². The third-order valence-electron chi connectivity index (χ3n) is 11.1. The lowest BCUT2D eigenvalue weighted by atomic mass is 9.89. The van der Waals surface area contributed by atoms with Gasteiger partial charge in [0.1, 0.15) is 24.9 Å². The average molecular weight is 876 g/mol. The molecular formula is C44H78NO14P. The summed E-state index contributed by atoms with van der Waals surface area (Å²) in [5.41, 5.74) is 5.35. The summed E-state index contributed by atoms with van der Waals surface area (Å²) < 4.78 is 32.8. The van der Waals surface area contributed by atoms with E-state index in [0.29, 0.717) is 19.3 Å². The predicted molar refractivity (Wildman–Crippen MR) is 227 cm³/mol. The number of fused-ring (bicyclic) bond motifs is 2. The summed E-state index contributed by atoms with van der Waals surface area (Å²) in [7, 11) is -4.77. The van der Waals surface area contributed by atoms with E-state index in [1.807, 2.05) is 12.2 Å². The van der Waals surface area contributed by atoms with Gasteiger partial charge < -0.3 is 25.2 Å². The number of nitrogens with two attached hydrogens (primary N) is 1. The van der Waals surface area contributed by atoms with Crippen molar-refractivity contribution in [2.75, 3.05) is 19.8 Å². The van der Waals surface area contributed by atoms with Crippen molar-refractivity contribution in [3.05, 3.63) is 24.3 Å². The number of allylic oxidation sites excluding steroid dienone is 2. The Hall–Kier alpha value is -2.20. The molecule has 0 aromatic rings. The van der Waals surface area contributed by atoms with E-state index in [1.54, 1.807) is 0 Å². The highest BCUT2D eigenvalue weighted by Crippen LogP contribution is 2.45. The Kier molecular flexibility index (Phi) is 30.0. The van der Waals surface area contributed by atoms with Crippen LogP contribution in [-0.4, -0.2) is 83.4 Å². The summed E-state index contributed by atoms with van der Waals surface area (Å²) in [6, 6.07) is -1.55. The minimum Gasteiger partial charge on any atom is -0.480 e. The third-order valence-corrected chi connectivity index (χ3v) is 12.1. The number of phosphoric ester groups is 1. The van der Waals surface area contributed by atoms with E-state index < -0.39 is 57.7 Å². The van der Waals surface area contributed by atoms with Crippen LogP contribution in [0.4, 0.5) is 0 Å². The second-order valence-electron chi connectivity index (χ2n) is 16.4. The number of ether oxygens (including phenoxy) is 2. The van der Waals surface area contributed by atoms with Gasteiger partial charge in [0.15, 0.2) is 6.10 Å². The molecular weight excluding hydrogens is 797 g/mol. The van der Waals surface area contributed by atoms with E-state index in [2.05, 4.69) is 35.4 Å². The van der Waals surface area contributed by atoms with Crippen molar-refractivity contribution in [2.45, 2.75) is 205 Å². The molecule has 5 N–H and O–H groups in total. The molecule has 0 aromatic carbocycles. The van der Waals surface area contributed by atoms with E-state index in [-0.39, 0.29) is 43.0 Å². The predicted octanol–water partition coefficient (Wildman–Crippen LogP) is 9.69. The first-order valence-corrected chi connectivity index (χ1v) is 24.4. The average Bonchev–Trinajstić information content (AvgIpc) is 3.84. The zero-order valence-electron chi connectivity index (χ0n) is 36.5. The Labute approximate surface area is 358 Å². The SMILES string of the molecule is CCCCCCCCCCCCCCCCCC(=O)OCC(COP(=O)(O)OCC(N)C(=O)O)OC(=O)CCC/C=C\CC1C2CC(OO2)C1/C=C/C(CCCCC)OO. The molecule has 1 saturated heterocycles. The fraction of sp³-hybridized carbons (Fsp3) is 0.841. The largest absolute Gasteiger partial charge is 0.480 e. The smallest absolute Gasteiger partial charge is 0.472 e. The molecule has 15 nitrogen and oxygen atoms in total. The highest BCUT2D eigenvalue weighted by atomic mass is 31.2. The van der Waals surface area contributed by atoms with E-state index in [9.17, 15) is 29.1 Å². The maximum atomic E-state index is 12.8. The van der Waals surface area contributed by atoms with E-state index in [4.69, 9.17) is 34.6 Å². The minimum absolute atomic E-state index is 0.0243. The lowest BCUT2D eigenvalue weighted by molar-refractivity contribution is -0.336. The standard InChI is InChI=1S/C44H78NO14P/c1-3-5-7-8-9-10-11-12-13-14-15-16-17-18-23-27-42(46)53-32-36(33-54-60(51,52)55-34-39(45)44(48)49)56-43(47)28-24-20-19-22-26-37-38(41-31-40(37)58-59-41)30-29-35(57-50)25-21-6-4-2/h19,22,29-30,35-41,50H,3-18,20-21,23-28,31-34,45H2,1-2H3,(H,48,49)(H,51,52)/b22-19-,30-29+. The van der Waals surface area contributed by atoms with Gasteiger partial charge in [0.05, 0.1) is 19.3 Å². The number of carbonyl (C=O) groups is 3. The molecule has 348 valence electrons. The molecule has 2 rings (SSSR count). The van der Waals surface area contributed by atoms with Crippen molar-refractivity contribution in [2.24, 2.45) is 17.6 Å². The van der Waals surface area contributed by atoms with Crippen LogP contribution >= 0.6 is 7.82 Å². The highest BCUT2D eigenvalue weighted by molar-refractivity contribution is 7.47. The number of carboxylic acids is 1. The van der Waals surface area contributed by atoms with E-state index in [0.717, 1.165) is 57.8 Å². The van der Waals surface area contributed by atoms with Gasteiger partial charge in [-0.15, -0.1) is 0 Å². The Bertz CT molecular complexity index is 1270. The summed E-state index contributed by atoms with van der Waals surface area (Å²) in [6.45, 7) is 2.55. The molecule has 0 radical (unpaired) electrons. The quantitative estimate of drug-likeness (QED) is 0.0113. The molecule has 0 aromatic heterocycles. The van der Waals surface area contributed by atoms with Crippen molar-refractivity contribution >= 4 is 25.7 Å². The second kappa shape index (κ2) is 33.4. The van der Waals surface area contributed by atoms with Crippen molar-refractivity contribution in [3.63, 3.8) is 0 Å². The number of carboxylic acid groups (broad SMARTS) is 1. The first-order chi connectivity index (χ1) is 29.0. The molecule has 1 aliphatic carbocycles. The molecule has 60 heavy (non-hydrogen) atoms. The zero-order valence-corrected chi connectivity index (χ0v) is 37.4. The minimum atomic E-state index is -4.77. The molecule has 1 aliphatic heterocycles. The molecule has 1 saturated carbocycles. The number of phosphoric acid groups is 1. The first kappa shape index (κ1) is 53.9. The first-order valence-electron chi connectivity index (χ1n) is 22.9. The number of rotatable bonds is 39. The zero-order chi connectivity index (χ0) is 43.9. The summed E-state index contributed by atoms with van der Waals surface area (Å²) in [6.07, 6.45) is 31.2. The summed E-state index contributed by atoms with van der Waals surface area (Å²) in [5.74, 6) is -2.20. The highest BCUT2D eigenvalue weighted by Gasteiger charge is 2.49. The molecule has 8 atom stereocenters. The van der Waals surface area contributed by atoms with Crippen molar-refractivity contribution < 1.29 is 67.4 Å². The number of aliphatic carboxylic acids is 1. The Morgan fingerprint density at radius 1 is 0.750 bits per heavy atom. The Morgan fingerprint density at radius 2 is 1.32 bits per heavy atom. The summed E-state index contributed by atoms with van der Waals surface area (Å²) >= 11 is 0. The lowest BCUT2D eigenvalue weighted by Gasteiger charge is -2.27. The maximum Gasteiger partial charge on any atom is 0.472 e. The molecule has 0 amide bonds. The van der Waals surface area contributed by atoms with Crippen molar-refractivity contribution in [3.8, 4) is 0 Å². The second-order valence-corrected chi connectivity index (χ2v) is 17.8. The normalized spacial score (nSPS) is 21.4. The van der Waals surface area contributed by atoms with Crippen LogP contribution in [0.3, 0.4) is 0 Å². The van der Waals surface area contributed by atoms with Gasteiger partial charge in [-0.3, -0.25) is 28.7 Å². The fourth-order valence-corrected chi connectivity index (χ4v) is 8.28. The number of hydrogen-bond acceptors (Lipinski definition) is 13. The van der Waals surface area contributed by atoms with Gasteiger partial charge in [-0.05, 0) is 32.1 Å². The van der Waals surface area contributed by atoms with Crippen LogP contribution in [0.2, 0.25) is 0 Å². The summed E-state index contributed by atoms with van der Waals surface area (Å²) in [4.78, 5) is 62.0. The molecule has 2 aliphatic rings. The Balaban J connectivity index is 1.73. The summed E-state index contributed by atoms with van der Waals surface area (Å²) in [5, 5.41) is 18.3. The van der Waals surface area contributed by atoms with Crippen molar-refractivity contribution in [1.82, 2.24) is 0 Å². The molecule has 2 fully saturated rings. The van der Waals surface area contributed by atoms with Gasteiger partial charge in [-0.2, -0.15) is 0 Å². The van der Waals surface area contributed by atoms with Gasteiger partial charge in [0.25, 0.3) is 0 Å². The van der Waals surface area contributed by atoms with Crippen LogP contribution in [0.5, 0.6) is 0 Å². The monoisotopic (exact) mass is 876 g/mol. The molecule has 8 unspecified atom stereocenters. The van der Waals surface area contributed by atoms with Crippen LogP contribution in [0.15, 0.2) is 24.3 Å². The number of esters is 2. The van der Waals surface area contributed by atoms with Crippen LogP contribution in [0.1, 0.15) is 174 Å². The van der Waals surface area contributed by atoms with Gasteiger partial charge >= 0.3 is 25.7 Å². The van der Waals surface area contributed by atoms with Crippen molar-refractivity contribution in [1.29, 1.82) is 0 Å². The van der Waals surface area contributed by atoms with Crippen LogP contribution in [-0.2, 0) is 52.1 Å². The van der Waals surface area contributed by atoms with Crippen LogP contribution in [0, 0.1) is 11.8 Å². The van der Waals surface area contributed by atoms with Gasteiger partial charge in [0.2, 0.25) is 0 Å². The van der Waals surface area contributed by atoms with Gasteiger partial charge in [0, 0.05) is 31.1 Å². The third kappa shape index (κ3) is 25.0. The number of carbonyl (C=O) groups excluding carboxylic acids is 2. The molecule has 2 bridgehead atoms. The van der Waals surface area contributed by atoms with Gasteiger partial charge in [-0.1, -0.05) is 147 Å². The van der Waals surface area contributed by atoms with Crippen LogP contribution < -0.4 is 5.73 Å². The van der Waals surface area contributed by atoms with E-state index in [1.165, 1.54) is 70.6 Å². The molecule has 1 heterocycles. The van der Waals surface area contributed by atoms with E-state index >= 15 is 0 Å². The maximum absolute atomic E-state index is 12.8. The topological polar surface area (TPSA) is 220 Å².